The standard InChI is InChI=1S/C19H13BrN4O2S/c20-13-6-8-14(9-7-13)22-15(25)10-24-11-21-17-16(12-4-2-1-3-5-12)23-27-18(17)19(24)26/h1-9,11H,10H2,(H,22,25). The zero-order valence-electron chi connectivity index (χ0n) is 13.9. The molecule has 134 valence electrons. The van der Waals surface area contributed by atoms with Gasteiger partial charge in [0.15, 0.2) is 0 Å². The van der Waals surface area contributed by atoms with Gasteiger partial charge in [0, 0.05) is 15.7 Å². The van der Waals surface area contributed by atoms with Crippen LogP contribution in [-0.4, -0.2) is 19.8 Å². The first-order valence-electron chi connectivity index (χ1n) is 8.07. The molecule has 8 heteroatoms. The molecule has 0 aliphatic heterocycles. The lowest BCUT2D eigenvalue weighted by atomic mass is 10.1. The van der Waals surface area contributed by atoms with E-state index < -0.39 is 0 Å². The Labute approximate surface area is 166 Å². The highest BCUT2D eigenvalue weighted by molar-refractivity contribution is 9.10. The molecule has 0 saturated carbocycles. The summed E-state index contributed by atoms with van der Waals surface area (Å²) in [5.41, 5.74) is 2.53. The molecule has 1 N–H and O–H groups in total. The molecule has 2 aromatic carbocycles. The van der Waals surface area contributed by atoms with E-state index in [1.165, 1.54) is 10.9 Å². The Bertz CT molecular complexity index is 1170. The second-order valence-corrected chi connectivity index (χ2v) is 7.50. The predicted molar refractivity (Wildman–Crippen MR) is 110 cm³/mol. The van der Waals surface area contributed by atoms with E-state index in [4.69, 9.17) is 0 Å². The van der Waals surface area contributed by atoms with Crippen molar-refractivity contribution in [1.82, 2.24) is 13.9 Å². The molecule has 2 aromatic heterocycles. The van der Waals surface area contributed by atoms with Gasteiger partial charge in [-0.25, -0.2) is 4.98 Å². The molecule has 0 atom stereocenters. The number of benzene rings is 2. The van der Waals surface area contributed by atoms with Gasteiger partial charge in [0.25, 0.3) is 5.56 Å². The molecule has 0 aliphatic rings. The summed E-state index contributed by atoms with van der Waals surface area (Å²) in [6.07, 6.45) is 1.40. The minimum Gasteiger partial charge on any atom is -0.325 e. The number of nitrogens with zero attached hydrogens (tertiary/aromatic N) is 3. The van der Waals surface area contributed by atoms with Crippen molar-refractivity contribution in [3.63, 3.8) is 0 Å². The summed E-state index contributed by atoms with van der Waals surface area (Å²) in [7, 11) is 0. The van der Waals surface area contributed by atoms with Gasteiger partial charge in [-0.3, -0.25) is 14.2 Å². The lowest BCUT2D eigenvalue weighted by molar-refractivity contribution is -0.116. The average Bonchev–Trinajstić information content (AvgIpc) is 3.11. The van der Waals surface area contributed by atoms with E-state index in [0.29, 0.717) is 21.6 Å². The van der Waals surface area contributed by atoms with E-state index in [0.717, 1.165) is 21.6 Å². The molecule has 27 heavy (non-hydrogen) atoms. The van der Waals surface area contributed by atoms with Gasteiger partial charge in [-0.1, -0.05) is 46.3 Å². The Morgan fingerprint density at radius 1 is 1.11 bits per heavy atom. The van der Waals surface area contributed by atoms with E-state index >= 15 is 0 Å². The number of aromatic nitrogens is 3. The summed E-state index contributed by atoms with van der Waals surface area (Å²) in [6.45, 7) is -0.115. The molecule has 4 rings (SSSR count). The second-order valence-electron chi connectivity index (χ2n) is 5.81. The molecule has 4 aromatic rings. The van der Waals surface area contributed by atoms with Crippen molar-refractivity contribution in [2.24, 2.45) is 0 Å². The SMILES string of the molecule is O=C(Cn1cnc2c(-c3ccccc3)nsc2c1=O)Nc1ccc(Br)cc1. The number of hydrogen-bond acceptors (Lipinski definition) is 5. The van der Waals surface area contributed by atoms with Crippen LogP contribution in [0.15, 0.2) is 70.2 Å². The van der Waals surface area contributed by atoms with Crippen LogP contribution < -0.4 is 10.9 Å². The van der Waals surface area contributed by atoms with Crippen LogP contribution in [0.25, 0.3) is 21.5 Å². The summed E-state index contributed by atoms with van der Waals surface area (Å²) in [5, 5.41) is 2.76. The van der Waals surface area contributed by atoms with Gasteiger partial charge >= 0.3 is 0 Å². The molecule has 0 fully saturated rings. The maximum Gasteiger partial charge on any atom is 0.273 e. The number of fused-ring (bicyclic) bond motifs is 1. The Balaban J connectivity index is 1.60. The number of rotatable bonds is 4. The van der Waals surface area contributed by atoms with Crippen molar-refractivity contribution in [3.05, 3.63) is 75.8 Å². The summed E-state index contributed by atoms with van der Waals surface area (Å²) in [5.74, 6) is -0.298. The third-order valence-electron chi connectivity index (χ3n) is 3.94. The topological polar surface area (TPSA) is 76.9 Å². The number of nitrogens with one attached hydrogen (secondary N) is 1. The monoisotopic (exact) mass is 440 g/mol. The zero-order valence-corrected chi connectivity index (χ0v) is 16.3. The lowest BCUT2D eigenvalue weighted by Gasteiger charge is -2.07. The van der Waals surface area contributed by atoms with Crippen molar-refractivity contribution in [2.75, 3.05) is 5.32 Å². The molecule has 0 unspecified atom stereocenters. The number of amides is 1. The van der Waals surface area contributed by atoms with Crippen LogP contribution in [0.4, 0.5) is 5.69 Å². The van der Waals surface area contributed by atoms with Crippen molar-refractivity contribution in [3.8, 4) is 11.3 Å². The van der Waals surface area contributed by atoms with Gasteiger partial charge < -0.3 is 5.32 Å². The predicted octanol–water partition coefficient (Wildman–Crippen LogP) is 3.92. The Morgan fingerprint density at radius 2 is 1.85 bits per heavy atom. The lowest BCUT2D eigenvalue weighted by Crippen LogP contribution is -2.27. The minimum absolute atomic E-state index is 0.115. The fraction of sp³-hybridized carbons (Fsp3) is 0.0526. The number of carbonyl (C=O) groups is 1. The molecule has 0 radical (unpaired) electrons. The van der Waals surface area contributed by atoms with Crippen LogP contribution in [0.2, 0.25) is 0 Å². The van der Waals surface area contributed by atoms with Crippen LogP contribution in [0.3, 0.4) is 0 Å². The molecule has 0 aliphatic carbocycles. The van der Waals surface area contributed by atoms with Crippen molar-refractivity contribution in [2.45, 2.75) is 6.54 Å². The second kappa shape index (κ2) is 7.42. The normalized spacial score (nSPS) is 10.9. The van der Waals surface area contributed by atoms with Crippen LogP contribution in [-0.2, 0) is 11.3 Å². The van der Waals surface area contributed by atoms with E-state index in [2.05, 4.69) is 30.6 Å². The molecular weight excluding hydrogens is 428 g/mol. The van der Waals surface area contributed by atoms with Gasteiger partial charge in [0.1, 0.15) is 22.5 Å². The number of halogens is 1. The van der Waals surface area contributed by atoms with Crippen molar-refractivity contribution >= 4 is 49.3 Å². The fourth-order valence-corrected chi connectivity index (χ4v) is 3.71. The Kier molecular flexibility index (Phi) is 4.83. The molecular formula is C19H13BrN4O2S. The van der Waals surface area contributed by atoms with Gasteiger partial charge in [-0.15, -0.1) is 0 Å². The zero-order chi connectivity index (χ0) is 18.8. The van der Waals surface area contributed by atoms with E-state index in [9.17, 15) is 9.59 Å². The first-order valence-corrected chi connectivity index (χ1v) is 9.64. The van der Waals surface area contributed by atoms with Gasteiger partial charge in [-0.05, 0) is 35.8 Å². The summed E-state index contributed by atoms with van der Waals surface area (Å²) >= 11 is 4.45. The average molecular weight is 441 g/mol. The number of carbonyl (C=O) groups excluding carboxylic acids is 1. The molecule has 0 bridgehead atoms. The van der Waals surface area contributed by atoms with Gasteiger partial charge in [0.2, 0.25) is 5.91 Å². The number of hydrogen-bond donors (Lipinski definition) is 1. The fourth-order valence-electron chi connectivity index (χ4n) is 2.64. The third kappa shape index (κ3) is 3.67. The summed E-state index contributed by atoms with van der Waals surface area (Å²) in [4.78, 5) is 29.3. The van der Waals surface area contributed by atoms with Gasteiger partial charge in [-0.2, -0.15) is 4.37 Å². The van der Waals surface area contributed by atoms with Crippen LogP contribution >= 0.6 is 27.5 Å². The molecule has 0 saturated heterocycles. The highest BCUT2D eigenvalue weighted by Crippen LogP contribution is 2.26. The molecule has 6 nitrogen and oxygen atoms in total. The van der Waals surface area contributed by atoms with Crippen molar-refractivity contribution < 1.29 is 4.79 Å². The highest BCUT2D eigenvalue weighted by Gasteiger charge is 2.15. The summed E-state index contributed by atoms with van der Waals surface area (Å²) < 4.78 is 7.04. The van der Waals surface area contributed by atoms with Crippen molar-refractivity contribution in [1.29, 1.82) is 0 Å². The maximum atomic E-state index is 12.7. The van der Waals surface area contributed by atoms with Crippen LogP contribution in [0.5, 0.6) is 0 Å². The maximum absolute atomic E-state index is 12.7. The third-order valence-corrected chi connectivity index (χ3v) is 5.29. The molecule has 2 heterocycles. The van der Waals surface area contributed by atoms with E-state index in [-0.39, 0.29) is 18.0 Å². The first-order chi connectivity index (χ1) is 13.1. The Hall–Kier alpha value is -2.84. The Morgan fingerprint density at radius 3 is 2.59 bits per heavy atom. The summed E-state index contributed by atoms with van der Waals surface area (Å²) in [6, 6.07) is 16.8. The first kappa shape index (κ1) is 17.6. The van der Waals surface area contributed by atoms with E-state index in [1.54, 1.807) is 12.1 Å². The van der Waals surface area contributed by atoms with Crippen LogP contribution in [0.1, 0.15) is 0 Å². The van der Waals surface area contributed by atoms with Gasteiger partial charge in [0.05, 0.1) is 6.33 Å². The quantitative estimate of drug-likeness (QED) is 0.521. The van der Waals surface area contributed by atoms with E-state index in [1.807, 2.05) is 42.5 Å². The molecule has 0 spiro atoms. The molecule has 1 amide bonds. The number of anilines is 1. The highest BCUT2D eigenvalue weighted by atomic mass is 79.9. The van der Waals surface area contributed by atoms with Crippen LogP contribution in [0, 0.1) is 0 Å². The minimum atomic E-state index is -0.298. The smallest absolute Gasteiger partial charge is 0.273 e. The largest absolute Gasteiger partial charge is 0.325 e.